The third kappa shape index (κ3) is 5.80. The highest BCUT2D eigenvalue weighted by molar-refractivity contribution is 7.92. The molecule has 3 aromatic carbocycles. The van der Waals surface area contributed by atoms with Crippen LogP contribution in [0.5, 0.6) is 17.2 Å². The average molecular weight is 487 g/mol. The van der Waals surface area contributed by atoms with Gasteiger partial charge in [0, 0.05) is 12.1 Å². The van der Waals surface area contributed by atoms with E-state index in [1.807, 2.05) is 12.1 Å². The monoisotopic (exact) mass is 486 g/mol. The van der Waals surface area contributed by atoms with E-state index in [4.69, 9.17) is 15.2 Å². The van der Waals surface area contributed by atoms with Gasteiger partial charge in [0.15, 0.2) is 11.5 Å². The zero-order chi connectivity index (χ0) is 24.9. The highest BCUT2D eigenvalue weighted by atomic mass is 32.2. The van der Waals surface area contributed by atoms with E-state index in [0.717, 1.165) is 9.87 Å². The number of benzene rings is 3. The molecule has 0 heterocycles. The molecule has 0 aromatic heterocycles. The van der Waals surface area contributed by atoms with E-state index in [2.05, 4.69) is 0 Å². The molecule has 1 atom stereocenters. The Balaban J connectivity index is 2.01. The minimum absolute atomic E-state index is 0.0241. The Labute approximate surface area is 200 Å². The first-order valence-electron chi connectivity index (χ1n) is 10.7. The fourth-order valence-electron chi connectivity index (χ4n) is 3.68. The van der Waals surface area contributed by atoms with Gasteiger partial charge >= 0.3 is 0 Å². The molecule has 0 amide bonds. The van der Waals surface area contributed by atoms with Crippen LogP contribution in [0.4, 0.5) is 5.69 Å². The lowest BCUT2D eigenvalue weighted by molar-refractivity contribution is 0.0622. The van der Waals surface area contributed by atoms with Crippen LogP contribution in [0, 0.1) is 0 Å². The highest BCUT2D eigenvalue weighted by Gasteiger charge is 2.29. The molecular formula is C25H30N2O6S. The molecule has 0 saturated carbocycles. The van der Waals surface area contributed by atoms with Crippen molar-refractivity contribution in [3.63, 3.8) is 0 Å². The number of nitrogens with zero attached hydrogens (tertiary/aromatic N) is 1. The Hall–Kier alpha value is -3.27. The number of ether oxygens (including phenoxy) is 2. The van der Waals surface area contributed by atoms with Crippen LogP contribution in [0.15, 0.2) is 66.7 Å². The lowest BCUT2D eigenvalue weighted by Crippen LogP contribution is -2.36. The molecule has 0 radical (unpaired) electrons. The van der Waals surface area contributed by atoms with Crippen LogP contribution in [0.3, 0.4) is 0 Å². The quantitative estimate of drug-likeness (QED) is 0.376. The SMILES string of the molecule is COc1ccc(CCN(c2cccc(C(C)(N)O)c2O)S(=O)(=O)Cc2ccccc2)cc1OC. The maximum atomic E-state index is 13.5. The molecule has 3 aromatic rings. The van der Waals surface area contributed by atoms with Gasteiger partial charge in [-0.05, 0) is 42.7 Å². The molecule has 0 saturated heterocycles. The molecule has 4 N–H and O–H groups in total. The largest absolute Gasteiger partial charge is 0.505 e. The van der Waals surface area contributed by atoms with Gasteiger partial charge < -0.3 is 19.7 Å². The van der Waals surface area contributed by atoms with Crippen LogP contribution in [-0.4, -0.2) is 39.4 Å². The number of phenolic OH excluding ortho intramolecular Hbond substituents is 1. The number of phenols is 1. The second-order valence-corrected chi connectivity index (χ2v) is 9.97. The average Bonchev–Trinajstić information content (AvgIpc) is 2.79. The molecule has 0 spiro atoms. The predicted molar refractivity (Wildman–Crippen MR) is 132 cm³/mol. The summed E-state index contributed by atoms with van der Waals surface area (Å²) >= 11 is 0. The molecule has 0 aliphatic rings. The number of methoxy groups -OCH3 is 2. The summed E-state index contributed by atoms with van der Waals surface area (Å²) in [6.45, 7) is 1.35. The molecule has 34 heavy (non-hydrogen) atoms. The van der Waals surface area contributed by atoms with Crippen LogP contribution in [0.1, 0.15) is 23.6 Å². The van der Waals surface area contributed by atoms with Gasteiger partial charge in [-0.3, -0.25) is 10.0 Å². The summed E-state index contributed by atoms with van der Waals surface area (Å²) in [7, 11) is -0.849. The third-order valence-corrected chi connectivity index (χ3v) is 7.16. The second-order valence-electron chi connectivity index (χ2n) is 8.07. The van der Waals surface area contributed by atoms with E-state index < -0.39 is 15.7 Å². The number of para-hydroxylation sites is 1. The van der Waals surface area contributed by atoms with Crippen molar-refractivity contribution in [2.75, 3.05) is 25.1 Å². The van der Waals surface area contributed by atoms with Gasteiger partial charge in [-0.1, -0.05) is 48.5 Å². The summed E-state index contributed by atoms with van der Waals surface area (Å²) in [6, 6.07) is 18.6. The van der Waals surface area contributed by atoms with Gasteiger partial charge in [0.2, 0.25) is 10.0 Å². The molecule has 0 aliphatic carbocycles. The van der Waals surface area contributed by atoms with E-state index >= 15 is 0 Å². The van der Waals surface area contributed by atoms with E-state index in [1.165, 1.54) is 33.3 Å². The Morgan fingerprint density at radius 2 is 1.62 bits per heavy atom. The molecule has 3 rings (SSSR count). The zero-order valence-corrected chi connectivity index (χ0v) is 20.2. The summed E-state index contributed by atoms with van der Waals surface area (Å²) in [5.74, 6) is 0.444. The van der Waals surface area contributed by atoms with E-state index in [1.54, 1.807) is 42.5 Å². The zero-order valence-electron chi connectivity index (χ0n) is 19.4. The summed E-state index contributed by atoms with van der Waals surface area (Å²) < 4.78 is 38.8. The fraction of sp³-hybridized carbons (Fsp3) is 0.280. The fourth-order valence-corrected chi connectivity index (χ4v) is 5.27. The summed E-state index contributed by atoms with van der Waals surface area (Å²) in [6.07, 6.45) is 0.330. The number of hydrogen-bond donors (Lipinski definition) is 3. The molecule has 9 heteroatoms. The molecule has 8 nitrogen and oxygen atoms in total. The van der Waals surface area contributed by atoms with Crippen molar-refractivity contribution >= 4 is 15.7 Å². The van der Waals surface area contributed by atoms with Gasteiger partial charge in [-0.2, -0.15) is 0 Å². The standard InChI is InChI=1S/C25H30N2O6S/c1-25(26,29)20-10-7-11-21(24(20)28)27(34(30,31)17-19-8-5-4-6-9-19)15-14-18-12-13-22(32-2)23(16-18)33-3/h4-13,16,28-29H,14-15,17,26H2,1-3H3. The molecule has 0 bridgehead atoms. The second kappa shape index (κ2) is 10.3. The molecule has 1 unspecified atom stereocenters. The summed E-state index contributed by atoms with van der Waals surface area (Å²) in [5, 5.41) is 21.1. The number of anilines is 1. The predicted octanol–water partition coefficient (Wildman–Crippen LogP) is 3.11. The summed E-state index contributed by atoms with van der Waals surface area (Å²) in [4.78, 5) is 0. The van der Waals surface area contributed by atoms with Gasteiger partial charge in [0.25, 0.3) is 0 Å². The first-order chi connectivity index (χ1) is 16.1. The third-order valence-electron chi connectivity index (χ3n) is 5.41. The van der Waals surface area contributed by atoms with E-state index in [0.29, 0.717) is 23.5 Å². The number of nitrogens with two attached hydrogens (primary N) is 1. The molecule has 182 valence electrons. The van der Waals surface area contributed by atoms with Crippen molar-refractivity contribution in [1.29, 1.82) is 0 Å². The first kappa shape index (κ1) is 25.4. The topological polar surface area (TPSA) is 122 Å². The van der Waals surface area contributed by atoms with Gasteiger partial charge in [0.1, 0.15) is 11.5 Å². The Bertz CT molecular complexity index is 1220. The Morgan fingerprint density at radius 1 is 0.941 bits per heavy atom. The van der Waals surface area contributed by atoms with Crippen molar-refractivity contribution in [3.05, 3.63) is 83.4 Å². The first-order valence-corrected chi connectivity index (χ1v) is 12.3. The molecule has 0 aliphatic heterocycles. The number of aliphatic hydroxyl groups is 1. The smallest absolute Gasteiger partial charge is 0.239 e. The number of aromatic hydroxyl groups is 1. The van der Waals surface area contributed by atoms with E-state index in [9.17, 15) is 18.6 Å². The van der Waals surface area contributed by atoms with Crippen LogP contribution in [0.25, 0.3) is 0 Å². The van der Waals surface area contributed by atoms with Crippen molar-refractivity contribution in [2.45, 2.75) is 24.8 Å². The lowest BCUT2D eigenvalue weighted by Gasteiger charge is -2.28. The maximum Gasteiger partial charge on any atom is 0.239 e. The number of rotatable bonds is 10. The van der Waals surface area contributed by atoms with Crippen LogP contribution >= 0.6 is 0 Å². The van der Waals surface area contributed by atoms with Gasteiger partial charge in [-0.15, -0.1) is 0 Å². The number of hydrogen-bond acceptors (Lipinski definition) is 7. The van der Waals surface area contributed by atoms with Gasteiger partial charge in [-0.25, -0.2) is 8.42 Å². The van der Waals surface area contributed by atoms with Gasteiger partial charge in [0.05, 0.1) is 25.7 Å². The normalized spacial score (nSPS) is 13.2. The van der Waals surface area contributed by atoms with Crippen LogP contribution in [0.2, 0.25) is 0 Å². The highest BCUT2D eigenvalue weighted by Crippen LogP contribution is 2.37. The molecular weight excluding hydrogens is 456 g/mol. The lowest BCUT2D eigenvalue weighted by atomic mass is 10.0. The van der Waals surface area contributed by atoms with Crippen molar-refractivity contribution < 1.29 is 28.1 Å². The van der Waals surface area contributed by atoms with Crippen molar-refractivity contribution in [1.82, 2.24) is 0 Å². The maximum absolute atomic E-state index is 13.5. The minimum Gasteiger partial charge on any atom is -0.505 e. The van der Waals surface area contributed by atoms with Crippen LogP contribution < -0.4 is 19.5 Å². The van der Waals surface area contributed by atoms with Crippen LogP contribution in [-0.2, 0) is 27.9 Å². The van der Waals surface area contributed by atoms with Crippen molar-refractivity contribution in [3.8, 4) is 17.2 Å². The minimum atomic E-state index is -3.92. The summed E-state index contributed by atoms with van der Waals surface area (Å²) in [5.41, 5.74) is 5.43. The Morgan fingerprint density at radius 3 is 2.24 bits per heavy atom. The number of sulfonamides is 1. The van der Waals surface area contributed by atoms with Crippen molar-refractivity contribution in [2.24, 2.45) is 5.73 Å². The Kier molecular flexibility index (Phi) is 7.71. The van der Waals surface area contributed by atoms with E-state index in [-0.39, 0.29) is 29.3 Å². The molecule has 0 fully saturated rings.